The Hall–Kier alpha value is -0.750. The first-order valence-corrected chi connectivity index (χ1v) is 6.90. The zero-order valence-electron chi connectivity index (χ0n) is 9.73. The van der Waals surface area contributed by atoms with E-state index in [0.717, 1.165) is 18.2 Å². The third kappa shape index (κ3) is 2.96. The molecule has 20 heavy (non-hydrogen) atoms. The van der Waals surface area contributed by atoms with Crippen LogP contribution in [0.25, 0.3) is 0 Å². The largest absolute Gasteiger partial charge is 0.320 e. The van der Waals surface area contributed by atoms with Gasteiger partial charge in [-0.15, -0.1) is 0 Å². The molecule has 2 aromatic carbocycles. The molecule has 0 saturated carbocycles. The van der Waals surface area contributed by atoms with E-state index in [-0.39, 0.29) is 21.2 Å². The molecule has 0 fully saturated rings. The van der Waals surface area contributed by atoms with Gasteiger partial charge in [-0.05, 0) is 40.2 Å². The lowest BCUT2D eigenvalue weighted by Crippen LogP contribution is -2.16. The first kappa shape index (κ1) is 15.6. The molecule has 0 aliphatic rings. The van der Waals surface area contributed by atoms with E-state index in [1.807, 2.05) is 0 Å². The highest BCUT2D eigenvalue weighted by Crippen LogP contribution is 2.32. The van der Waals surface area contributed by atoms with Gasteiger partial charge in [0.05, 0.1) is 16.1 Å². The molecule has 106 valence electrons. The molecule has 2 N–H and O–H groups in total. The topological polar surface area (TPSA) is 26.0 Å². The number of halogens is 6. The lowest BCUT2D eigenvalue weighted by atomic mass is 9.98. The molecular weight excluding hydrogens is 378 g/mol. The van der Waals surface area contributed by atoms with Crippen LogP contribution >= 0.6 is 39.1 Å². The molecule has 2 aromatic rings. The Morgan fingerprint density at radius 2 is 1.40 bits per heavy atom. The van der Waals surface area contributed by atoms with Crippen LogP contribution in [0.2, 0.25) is 10.0 Å². The predicted molar refractivity (Wildman–Crippen MR) is 76.5 cm³/mol. The standard InChI is InChI=1S/C13H7BrCl2F3N/c14-7-3-10(17)5(1-8(7)15)13(20)6-2-12(19)9(16)4-11(6)18/h1-4,13H,20H2. The second-order valence-electron chi connectivity index (χ2n) is 4.05. The van der Waals surface area contributed by atoms with Crippen molar-refractivity contribution in [3.05, 3.63) is 67.4 Å². The van der Waals surface area contributed by atoms with E-state index in [9.17, 15) is 13.2 Å². The molecule has 0 bridgehead atoms. The Kier molecular flexibility index (Phi) is 4.64. The normalized spacial score (nSPS) is 12.6. The summed E-state index contributed by atoms with van der Waals surface area (Å²) >= 11 is 14.4. The highest BCUT2D eigenvalue weighted by atomic mass is 79.9. The lowest BCUT2D eigenvalue weighted by molar-refractivity contribution is 0.562. The number of benzene rings is 2. The maximum atomic E-state index is 13.9. The van der Waals surface area contributed by atoms with E-state index in [4.69, 9.17) is 28.9 Å². The summed E-state index contributed by atoms with van der Waals surface area (Å²) in [6, 6.07) is 2.81. The van der Waals surface area contributed by atoms with Gasteiger partial charge < -0.3 is 5.73 Å². The highest BCUT2D eigenvalue weighted by molar-refractivity contribution is 9.10. The number of hydrogen-bond acceptors (Lipinski definition) is 1. The molecule has 0 amide bonds. The van der Waals surface area contributed by atoms with Gasteiger partial charge in [-0.1, -0.05) is 23.2 Å². The fraction of sp³-hybridized carbons (Fsp3) is 0.0769. The van der Waals surface area contributed by atoms with Crippen LogP contribution in [0, 0.1) is 17.5 Å². The van der Waals surface area contributed by atoms with Crippen molar-refractivity contribution in [2.24, 2.45) is 5.73 Å². The minimum absolute atomic E-state index is 0.0428. The van der Waals surface area contributed by atoms with Crippen molar-refractivity contribution < 1.29 is 13.2 Å². The van der Waals surface area contributed by atoms with Gasteiger partial charge in [0.25, 0.3) is 0 Å². The van der Waals surface area contributed by atoms with E-state index in [2.05, 4.69) is 15.9 Å². The van der Waals surface area contributed by atoms with Crippen LogP contribution in [-0.2, 0) is 0 Å². The zero-order valence-corrected chi connectivity index (χ0v) is 12.8. The Morgan fingerprint density at radius 1 is 0.850 bits per heavy atom. The summed E-state index contributed by atoms with van der Waals surface area (Å²) in [4.78, 5) is 0. The fourth-order valence-corrected chi connectivity index (χ4v) is 2.36. The van der Waals surface area contributed by atoms with Crippen LogP contribution in [0.15, 0.2) is 28.7 Å². The summed E-state index contributed by atoms with van der Waals surface area (Å²) in [7, 11) is 0. The lowest BCUT2D eigenvalue weighted by Gasteiger charge is -2.16. The SMILES string of the molecule is NC(c1cc(F)c(Cl)cc1F)c1cc(Cl)c(Br)cc1F. The second-order valence-corrected chi connectivity index (χ2v) is 5.72. The quantitative estimate of drug-likeness (QED) is 0.705. The molecule has 0 aliphatic carbocycles. The van der Waals surface area contributed by atoms with Gasteiger partial charge in [0.15, 0.2) is 0 Å². The van der Waals surface area contributed by atoms with Gasteiger partial charge in [0.1, 0.15) is 17.5 Å². The molecule has 1 unspecified atom stereocenters. The maximum Gasteiger partial charge on any atom is 0.142 e. The van der Waals surface area contributed by atoms with Crippen molar-refractivity contribution in [2.45, 2.75) is 6.04 Å². The van der Waals surface area contributed by atoms with Crippen LogP contribution < -0.4 is 5.73 Å². The first-order chi connectivity index (χ1) is 9.31. The fourth-order valence-electron chi connectivity index (χ4n) is 1.72. The van der Waals surface area contributed by atoms with Crippen LogP contribution in [-0.4, -0.2) is 0 Å². The van der Waals surface area contributed by atoms with Crippen LogP contribution in [0.5, 0.6) is 0 Å². The highest BCUT2D eigenvalue weighted by Gasteiger charge is 2.20. The van der Waals surface area contributed by atoms with Gasteiger partial charge in [0, 0.05) is 15.6 Å². The maximum absolute atomic E-state index is 13.9. The molecule has 0 heterocycles. The van der Waals surface area contributed by atoms with Crippen molar-refractivity contribution >= 4 is 39.1 Å². The number of rotatable bonds is 2. The minimum Gasteiger partial charge on any atom is -0.320 e. The number of nitrogens with two attached hydrogens (primary N) is 1. The summed E-state index contributed by atoms with van der Waals surface area (Å²) in [6.45, 7) is 0. The van der Waals surface area contributed by atoms with Crippen molar-refractivity contribution in [3.63, 3.8) is 0 Å². The van der Waals surface area contributed by atoms with Crippen molar-refractivity contribution in [2.75, 3.05) is 0 Å². The van der Waals surface area contributed by atoms with E-state index >= 15 is 0 Å². The van der Waals surface area contributed by atoms with E-state index in [1.165, 1.54) is 6.07 Å². The van der Waals surface area contributed by atoms with Gasteiger partial charge in [-0.25, -0.2) is 13.2 Å². The van der Waals surface area contributed by atoms with Crippen LogP contribution in [0.1, 0.15) is 17.2 Å². The van der Waals surface area contributed by atoms with Crippen molar-refractivity contribution in [3.8, 4) is 0 Å². The zero-order chi connectivity index (χ0) is 15.0. The molecule has 1 nitrogen and oxygen atoms in total. The Morgan fingerprint density at radius 3 is 2.05 bits per heavy atom. The Balaban J connectivity index is 2.54. The summed E-state index contributed by atoms with van der Waals surface area (Å²) in [5.74, 6) is -2.33. The predicted octanol–water partition coefficient (Wildman–Crippen LogP) is 5.22. The van der Waals surface area contributed by atoms with Crippen LogP contribution in [0.4, 0.5) is 13.2 Å². The summed E-state index contributed by atoms with van der Waals surface area (Å²) in [5, 5.41) is -0.153. The minimum atomic E-state index is -1.20. The molecule has 2 rings (SSSR count). The average molecular weight is 385 g/mol. The smallest absolute Gasteiger partial charge is 0.142 e. The molecule has 0 aliphatic heterocycles. The number of hydrogen-bond donors (Lipinski definition) is 1. The monoisotopic (exact) mass is 383 g/mol. The second kappa shape index (κ2) is 5.93. The van der Waals surface area contributed by atoms with E-state index in [1.54, 1.807) is 0 Å². The van der Waals surface area contributed by atoms with Crippen molar-refractivity contribution in [1.82, 2.24) is 0 Å². The molecular formula is C13H7BrCl2F3N. The van der Waals surface area contributed by atoms with Crippen LogP contribution in [0.3, 0.4) is 0 Å². The van der Waals surface area contributed by atoms with E-state index in [0.29, 0.717) is 4.47 Å². The molecule has 7 heteroatoms. The van der Waals surface area contributed by atoms with Gasteiger partial charge in [-0.2, -0.15) is 0 Å². The van der Waals surface area contributed by atoms with Gasteiger partial charge >= 0.3 is 0 Å². The van der Waals surface area contributed by atoms with Crippen molar-refractivity contribution in [1.29, 1.82) is 0 Å². The van der Waals surface area contributed by atoms with E-state index < -0.39 is 23.5 Å². The molecule has 0 spiro atoms. The average Bonchev–Trinajstić information content (AvgIpc) is 2.37. The molecule has 1 atom stereocenters. The van der Waals surface area contributed by atoms with Gasteiger partial charge in [-0.3, -0.25) is 0 Å². The first-order valence-electron chi connectivity index (χ1n) is 5.35. The van der Waals surface area contributed by atoms with Gasteiger partial charge in [0.2, 0.25) is 0 Å². The summed E-state index contributed by atoms with van der Waals surface area (Å²) in [6.07, 6.45) is 0. The molecule has 0 radical (unpaired) electrons. The Bertz CT molecular complexity index is 622. The third-order valence-corrected chi connectivity index (χ3v) is 4.24. The summed E-state index contributed by atoms with van der Waals surface area (Å²) < 4.78 is 41.4. The third-order valence-electron chi connectivity index (χ3n) is 2.75. The summed E-state index contributed by atoms with van der Waals surface area (Å²) in [5.41, 5.74) is 5.54. The molecule has 0 saturated heterocycles. The Labute approximate surface area is 131 Å². The molecule has 0 aromatic heterocycles.